The zero-order valence-electron chi connectivity index (χ0n) is 11.2. The van der Waals surface area contributed by atoms with E-state index in [0.717, 1.165) is 30.5 Å². The third-order valence-electron chi connectivity index (χ3n) is 2.55. The van der Waals surface area contributed by atoms with E-state index in [9.17, 15) is 0 Å². The second-order valence-corrected chi connectivity index (χ2v) is 5.14. The fraction of sp³-hybridized carbons (Fsp3) is 0.500. The summed E-state index contributed by atoms with van der Waals surface area (Å²) >= 11 is 1.63. The third kappa shape index (κ3) is 4.29. The number of thioether (sulfide) groups is 1. The molecular formula is C12H18N6S. The van der Waals surface area contributed by atoms with Crippen LogP contribution in [0.15, 0.2) is 23.6 Å². The topological polar surface area (TPSA) is 68.5 Å². The lowest BCUT2D eigenvalue weighted by Crippen LogP contribution is -2.20. The first-order valence-corrected chi connectivity index (χ1v) is 7.28. The normalized spacial score (nSPS) is 10.8. The Hall–Kier alpha value is -1.47. The third-order valence-corrected chi connectivity index (χ3v) is 3.58. The Bertz CT molecular complexity index is 512. The van der Waals surface area contributed by atoms with Crippen LogP contribution in [-0.2, 0) is 12.3 Å². The summed E-state index contributed by atoms with van der Waals surface area (Å²) < 4.78 is 1.83. The summed E-state index contributed by atoms with van der Waals surface area (Å²) in [6.07, 6.45) is 3.74. The largest absolute Gasteiger partial charge is 0.315 e. The molecule has 2 heterocycles. The van der Waals surface area contributed by atoms with E-state index in [4.69, 9.17) is 0 Å². The molecule has 0 aliphatic heterocycles. The molecule has 0 saturated heterocycles. The maximum atomic E-state index is 4.19. The van der Waals surface area contributed by atoms with E-state index in [-0.39, 0.29) is 0 Å². The van der Waals surface area contributed by atoms with Gasteiger partial charge in [-0.2, -0.15) is 0 Å². The Kier molecular flexibility index (Phi) is 5.29. The number of likely N-dealkylation sites (N-methyl/N-ethyl adjacent to an activating group) is 1. The van der Waals surface area contributed by atoms with Gasteiger partial charge in [0.1, 0.15) is 0 Å². The Labute approximate surface area is 117 Å². The van der Waals surface area contributed by atoms with Crippen LogP contribution in [0.5, 0.6) is 0 Å². The van der Waals surface area contributed by atoms with Gasteiger partial charge in [0.2, 0.25) is 5.16 Å². The maximum absolute atomic E-state index is 4.19. The molecule has 0 amide bonds. The zero-order valence-corrected chi connectivity index (χ0v) is 12.0. The van der Waals surface area contributed by atoms with Crippen LogP contribution < -0.4 is 5.32 Å². The summed E-state index contributed by atoms with van der Waals surface area (Å²) in [7, 11) is 0. The molecule has 0 aromatic carbocycles. The number of rotatable bonds is 7. The van der Waals surface area contributed by atoms with Gasteiger partial charge in [-0.1, -0.05) is 24.8 Å². The molecule has 0 atom stereocenters. The molecule has 102 valence electrons. The number of aryl methyl sites for hydroxylation is 1. The van der Waals surface area contributed by atoms with E-state index in [1.807, 2.05) is 24.0 Å². The van der Waals surface area contributed by atoms with Crippen LogP contribution in [0.4, 0.5) is 0 Å². The monoisotopic (exact) mass is 278 g/mol. The van der Waals surface area contributed by atoms with Gasteiger partial charge in [-0.15, -0.1) is 5.10 Å². The van der Waals surface area contributed by atoms with Crippen LogP contribution >= 0.6 is 11.8 Å². The molecule has 0 unspecified atom stereocenters. The number of hydrogen-bond acceptors (Lipinski definition) is 6. The summed E-state index contributed by atoms with van der Waals surface area (Å²) in [5, 5.41) is 15.9. The Morgan fingerprint density at radius 2 is 2.26 bits per heavy atom. The summed E-state index contributed by atoms with van der Waals surface area (Å²) in [6, 6.07) is 2.13. The molecule has 0 bridgehead atoms. The van der Waals surface area contributed by atoms with Gasteiger partial charge in [-0.05, 0) is 35.0 Å². The quantitative estimate of drug-likeness (QED) is 0.608. The molecule has 1 N–H and O–H groups in total. The van der Waals surface area contributed by atoms with Gasteiger partial charge in [0.05, 0.1) is 6.54 Å². The van der Waals surface area contributed by atoms with E-state index in [1.165, 1.54) is 11.1 Å². The van der Waals surface area contributed by atoms with Crippen molar-refractivity contribution >= 4 is 11.8 Å². The van der Waals surface area contributed by atoms with Gasteiger partial charge in [0, 0.05) is 24.7 Å². The van der Waals surface area contributed by atoms with Crippen LogP contribution in [-0.4, -0.2) is 38.3 Å². The van der Waals surface area contributed by atoms with Crippen molar-refractivity contribution < 1.29 is 0 Å². The van der Waals surface area contributed by atoms with Crippen LogP contribution in [0.1, 0.15) is 18.1 Å². The lowest BCUT2D eigenvalue weighted by molar-refractivity contribution is 0.517. The van der Waals surface area contributed by atoms with Gasteiger partial charge in [-0.3, -0.25) is 4.98 Å². The van der Waals surface area contributed by atoms with E-state index in [0.29, 0.717) is 0 Å². The van der Waals surface area contributed by atoms with Crippen molar-refractivity contribution in [2.75, 3.05) is 13.1 Å². The first-order valence-electron chi connectivity index (χ1n) is 6.30. The minimum atomic E-state index is 0.787. The molecule has 2 rings (SSSR count). The standard InChI is InChI=1S/C12H18N6S/c1-3-13-4-5-18-12(15-16-17-18)19-9-11-6-10(2)7-14-8-11/h6-8,13H,3-5,9H2,1-2H3. The fourth-order valence-corrected chi connectivity index (χ4v) is 2.47. The highest BCUT2D eigenvalue weighted by molar-refractivity contribution is 7.98. The van der Waals surface area contributed by atoms with Crippen LogP contribution in [0.2, 0.25) is 0 Å². The highest BCUT2D eigenvalue weighted by Crippen LogP contribution is 2.19. The van der Waals surface area contributed by atoms with Gasteiger partial charge >= 0.3 is 0 Å². The van der Waals surface area contributed by atoms with Crippen molar-refractivity contribution in [2.24, 2.45) is 0 Å². The Morgan fingerprint density at radius 3 is 3.05 bits per heavy atom. The molecule has 19 heavy (non-hydrogen) atoms. The SMILES string of the molecule is CCNCCn1nnnc1SCc1cncc(C)c1. The van der Waals surface area contributed by atoms with Crippen molar-refractivity contribution in [1.82, 2.24) is 30.5 Å². The molecule has 0 aliphatic carbocycles. The second-order valence-electron chi connectivity index (χ2n) is 4.20. The minimum Gasteiger partial charge on any atom is -0.315 e. The van der Waals surface area contributed by atoms with E-state index >= 15 is 0 Å². The Balaban J connectivity index is 1.90. The van der Waals surface area contributed by atoms with Crippen molar-refractivity contribution in [3.05, 3.63) is 29.6 Å². The molecule has 6 nitrogen and oxygen atoms in total. The number of pyridine rings is 1. The molecule has 2 aromatic rings. The van der Waals surface area contributed by atoms with E-state index in [2.05, 4.69) is 38.8 Å². The number of nitrogens with zero attached hydrogens (tertiary/aromatic N) is 5. The van der Waals surface area contributed by atoms with Crippen molar-refractivity contribution in [3.8, 4) is 0 Å². The van der Waals surface area contributed by atoms with E-state index in [1.54, 1.807) is 11.8 Å². The average Bonchev–Trinajstić information content (AvgIpc) is 2.84. The second kappa shape index (κ2) is 7.20. The van der Waals surface area contributed by atoms with E-state index < -0.39 is 0 Å². The number of hydrogen-bond donors (Lipinski definition) is 1. The lowest BCUT2D eigenvalue weighted by atomic mass is 10.2. The van der Waals surface area contributed by atoms with Crippen molar-refractivity contribution in [3.63, 3.8) is 0 Å². The van der Waals surface area contributed by atoms with Crippen molar-refractivity contribution in [2.45, 2.75) is 31.3 Å². The molecular weight excluding hydrogens is 260 g/mol. The Morgan fingerprint density at radius 1 is 1.37 bits per heavy atom. The molecule has 0 aliphatic rings. The molecule has 2 aromatic heterocycles. The predicted octanol–water partition coefficient (Wildman–Crippen LogP) is 1.28. The van der Waals surface area contributed by atoms with Gasteiger partial charge in [-0.25, -0.2) is 4.68 Å². The fourth-order valence-electron chi connectivity index (χ4n) is 1.65. The summed E-state index contributed by atoms with van der Waals surface area (Å²) in [6.45, 7) is 6.75. The number of nitrogens with one attached hydrogen (secondary N) is 1. The highest BCUT2D eigenvalue weighted by Gasteiger charge is 2.06. The smallest absolute Gasteiger partial charge is 0.209 e. The average molecular weight is 278 g/mol. The predicted molar refractivity (Wildman–Crippen MR) is 74.9 cm³/mol. The summed E-state index contributed by atoms with van der Waals surface area (Å²) in [5.74, 6) is 0.830. The van der Waals surface area contributed by atoms with Gasteiger partial charge in [0.25, 0.3) is 0 Å². The van der Waals surface area contributed by atoms with Crippen LogP contribution in [0.25, 0.3) is 0 Å². The summed E-state index contributed by atoms with van der Waals surface area (Å²) in [5.41, 5.74) is 2.36. The van der Waals surface area contributed by atoms with Crippen LogP contribution in [0.3, 0.4) is 0 Å². The molecule has 0 fully saturated rings. The van der Waals surface area contributed by atoms with Crippen molar-refractivity contribution in [1.29, 1.82) is 0 Å². The summed E-state index contributed by atoms with van der Waals surface area (Å²) in [4.78, 5) is 4.19. The van der Waals surface area contributed by atoms with Gasteiger partial charge < -0.3 is 5.32 Å². The molecule has 0 radical (unpaired) electrons. The highest BCUT2D eigenvalue weighted by atomic mass is 32.2. The van der Waals surface area contributed by atoms with Crippen LogP contribution in [0, 0.1) is 6.92 Å². The first-order chi connectivity index (χ1) is 9.29. The molecule has 0 spiro atoms. The number of aromatic nitrogens is 5. The van der Waals surface area contributed by atoms with Gasteiger partial charge in [0.15, 0.2) is 0 Å². The number of tetrazole rings is 1. The lowest BCUT2D eigenvalue weighted by Gasteiger charge is -2.05. The molecule has 0 saturated carbocycles. The maximum Gasteiger partial charge on any atom is 0.209 e. The first kappa shape index (κ1) is 14.0. The molecule has 7 heteroatoms. The zero-order chi connectivity index (χ0) is 13.5. The minimum absolute atomic E-state index is 0.787.